The van der Waals surface area contributed by atoms with Gasteiger partial charge in [0.1, 0.15) is 0 Å². The molecule has 22 heavy (non-hydrogen) atoms. The van der Waals surface area contributed by atoms with Crippen molar-refractivity contribution in [3.8, 4) is 0 Å². The van der Waals surface area contributed by atoms with Gasteiger partial charge in [-0.2, -0.15) is 0 Å². The van der Waals surface area contributed by atoms with Crippen LogP contribution in [-0.4, -0.2) is 18.7 Å². The molecule has 0 heterocycles. The predicted octanol–water partition coefficient (Wildman–Crippen LogP) is 3.97. The third kappa shape index (κ3) is 5.02. The van der Waals surface area contributed by atoms with Crippen molar-refractivity contribution in [1.82, 2.24) is 5.32 Å². The lowest BCUT2D eigenvalue weighted by molar-refractivity contribution is 0.0961. The standard InChI is InChI=1S/C17H15NO2.C2H6/c1-18-17(20)15-10-8-14(9-11-15)16(19)12-7-13-5-3-2-4-6-13;1-2/h2-12H,1H3,(H,18,20);1-2H3/b12-7+;. The van der Waals surface area contributed by atoms with E-state index >= 15 is 0 Å². The number of ketones is 1. The van der Waals surface area contributed by atoms with E-state index in [0.717, 1.165) is 5.56 Å². The van der Waals surface area contributed by atoms with Crippen molar-refractivity contribution >= 4 is 17.8 Å². The van der Waals surface area contributed by atoms with Gasteiger partial charge in [-0.05, 0) is 23.8 Å². The third-order valence-electron chi connectivity index (χ3n) is 2.89. The van der Waals surface area contributed by atoms with Crippen molar-refractivity contribution in [3.05, 3.63) is 77.4 Å². The molecule has 0 atom stereocenters. The molecule has 2 aromatic rings. The quantitative estimate of drug-likeness (QED) is 0.685. The van der Waals surface area contributed by atoms with Gasteiger partial charge in [0.15, 0.2) is 5.78 Å². The number of carbonyl (C=O) groups is 2. The molecule has 1 amide bonds. The van der Waals surface area contributed by atoms with E-state index in [-0.39, 0.29) is 11.7 Å². The van der Waals surface area contributed by atoms with Crippen LogP contribution in [-0.2, 0) is 0 Å². The van der Waals surface area contributed by atoms with Crippen molar-refractivity contribution in [3.63, 3.8) is 0 Å². The highest BCUT2D eigenvalue weighted by Crippen LogP contribution is 2.08. The Morgan fingerprint density at radius 1 is 0.864 bits per heavy atom. The first kappa shape index (κ1) is 17.4. The van der Waals surface area contributed by atoms with Crippen molar-refractivity contribution in [1.29, 1.82) is 0 Å². The maximum Gasteiger partial charge on any atom is 0.251 e. The molecular formula is C19H21NO2. The molecule has 0 aliphatic carbocycles. The van der Waals surface area contributed by atoms with Crippen LogP contribution in [0.2, 0.25) is 0 Å². The van der Waals surface area contributed by atoms with Gasteiger partial charge in [0.05, 0.1) is 0 Å². The lowest BCUT2D eigenvalue weighted by atomic mass is 10.1. The summed E-state index contributed by atoms with van der Waals surface area (Å²) in [6, 6.07) is 16.2. The Hall–Kier alpha value is -2.68. The van der Waals surface area contributed by atoms with Crippen LogP contribution in [0, 0.1) is 0 Å². The summed E-state index contributed by atoms with van der Waals surface area (Å²) in [5.74, 6) is -0.249. The van der Waals surface area contributed by atoms with Gasteiger partial charge in [-0.3, -0.25) is 9.59 Å². The Morgan fingerprint density at radius 2 is 1.41 bits per heavy atom. The average molecular weight is 295 g/mol. The lowest BCUT2D eigenvalue weighted by Crippen LogP contribution is -2.17. The summed E-state index contributed by atoms with van der Waals surface area (Å²) in [5.41, 5.74) is 2.07. The summed E-state index contributed by atoms with van der Waals surface area (Å²) < 4.78 is 0. The van der Waals surface area contributed by atoms with Crippen LogP contribution in [0.1, 0.15) is 40.1 Å². The maximum atomic E-state index is 12.0. The predicted molar refractivity (Wildman–Crippen MR) is 91.0 cm³/mol. The highest BCUT2D eigenvalue weighted by molar-refractivity contribution is 6.07. The highest BCUT2D eigenvalue weighted by atomic mass is 16.1. The molecule has 0 unspecified atom stereocenters. The zero-order valence-electron chi connectivity index (χ0n) is 13.2. The van der Waals surface area contributed by atoms with E-state index in [4.69, 9.17) is 0 Å². The molecule has 0 radical (unpaired) electrons. The van der Waals surface area contributed by atoms with Crippen molar-refractivity contribution in [2.45, 2.75) is 13.8 Å². The van der Waals surface area contributed by atoms with Crippen LogP contribution in [0.5, 0.6) is 0 Å². The van der Waals surface area contributed by atoms with Crippen LogP contribution in [0.15, 0.2) is 60.7 Å². The molecule has 0 aliphatic rings. The van der Waals surface area contributed by atoms with Crippen LogP contribution < -0.4 is 5.32 Å². The monoisotopic (exact) mass is 295 g/mol. The van der Waals surface area contributed by atoms with E-state index < -0.39 is 0 Å². The van der Waals surface area contributed by atoms with Crippen LogP contribution in [0.25, 0.3) is 6.08 Å². The van der Waals surface area contributed by atoms with Crippen molar-refractivity contribution < 1.29 is 9.59 Å². The third-order valence-corrected chi connectivity index (χ3v) is 2.89. The molecular weight excluding hydrogens is 274 g/mol. The summed E-state index contributed by atoms with van der Waals surface area (Å²) in [5, 5.41) is 2.54. The molecule has 0 aromatic heterocycles. The molecule has 3 heteroatoms. The largest absolute Gasteiger partial charge is 0.355 e. The number of amides is 1. The number of carbonyl (C=O) groups excluding carboxylic acids is 2. The molecule has 2 rings (SSSR count). The van der Waals surface area contributed by atoms with Gasteiger partial charge in [0.2, 0.25) is 0 Å². The van der Waals surface area contributed by atoms with Gasteiger partial charge in [-0.25, -0.2) is 0 Å². The molecule has 1 N–H and O–H groups in total. The SMILES string of the molecule is CC.CNC(=O)c1ccc(C(=O)/C=C/c2ccccc2)cc1. The molecule has 0 saturated heterocycles. The van der Waals surface area contributed by atoms with Crippen molar-refractivity contribution in [2.75, 3.05) is 7.05 Å². The first-order valence-electron chi connectivity index (χ1n) is 7.30. The second-order valence-electron chi connectivity index (χ2n) is 4.26. The van der Waals surface area contributed by atoms with Crippen LogP contribution in [0.3, 0.4) is 0 Å². The van der Waals surface area contributed by atoms with Gasteiger partial charge in [0.25, 0.3) is 5.91 Å². The Kier molecular flexibility index (Phi) is 7.34. The van der Waals surface area contributed by atoms with E-state index in [1.807, 2.05) is 44.2 Å². The summed E-state index contributed by atoms with van der Waals surface area (Å²) >= 11 is 0. The van der Waals surface area contributed by atoms with E-state index in [2.05, 4.69) is 5.32 Å². The first-order valence-corrected chi connectivity index (χ1v) is 7.30. The normalized spacial score (nSPS) is 9.77. The molecule has 0 aliphatic heterocycles. The topological polar surface area (TPSA) is 46.2 Å². The Balaban J connectivity index is 0.00000116. The van der Waals surface area contributed by atoms with E-state index in [1.165, 1.54) is 6.08 Å². The van der Waals surface area contributed by atoms with E-state index in [9.17, 15) is 9.59 Å². The lowest BCUT2D eigenvalue weighted by Gasteiger charge is -2.00. The summed E-state index contributed by atoms with van der Waals surface area (Å²) in [4.78, 5) is 23.4. The van der Waals surface area contributed by atoms with E-state index in [1.54, 1.807) is 37.4 Å². The molecule has 0 spiro atoms. The van der Waals surface area contributed by atoms with Crippen LogP contribution >= 0.6 is 0 Å². The Bertz CT molecular complexity index is 628. The summed E-state index contributed by atoms with van der Waals surface area (Å²) in [6.07, 6.45) is 3.30. The molecule has 0 bridgehead atoms. The van der Waals surface area contributed by atoms with Gasteiger partial charge < -0.3 is 5.32 Å². The second-order valence-corrected chi connectivity index (χ2v) is 4.26. The minimum absolute atomic E-state index is 0.0858. The van der Waals surface area contributed by atoms with Gasteiger partial charge in [-0.1, -0.05) is 62.4 Å². The number of nitrogens with one attached hydrogen (secondary N) is 1. The first-order chi connectivity index (χ1) is 10.7. The fourth-order valence-corrected chi connectivity index (χ4v) is 1.76. The van der Waals surface area contributed by atoms with Gasteiger partial charge >= 0.3 is 0 Å². The number of hydrogen-bond acceptors (Lipinski definition) is 2. The average Bonchev–Trinajstić information content (AvgIpc) is 2.61. The molecule has 0 fully saturated rings. The highest BCUT2D eigenvalue weighted by Gasteiger charge is 2.05. The molecule has 0 saturated carbocycles. The minimum atomic E-state index is -0.163. The Labute approximate surface area is 131 Å². The second kappa shape index (κ2) is 9.29. The minimum Gasteiger partial charge on any atom is -0.355 e. The summed E-state index contributed by atoms with van der Waals surface area (Å²) in [6.45, 7) is 4.00. The molecule has 2 aromatic carbocycles. The zero-order chi connectivity index (χ0) is 16.4. The van der Waals surface area contributed by atoms with E-state index in [0.29, 0.717) is 11.1 Å². The Morgan fingerprint density at radius 3 is 1.95 bits per heavy atom. The number of hydrogen-bond donors (Lipinski definition) is 1. The zero-order valence-corrected chi connectivity index (χ0v) is 13.2. The van der Waals surface area contributed by atoms with Crippen LogP contribution in [0.4, 0.5) is 0 Å². The van der Waals surface area contributed by atoms with Crippen molar-refractivity contribution in [2.24, 2.45) is 0 Å². The number of benzene rings is 2. The fraction of sp³-hybridized carbons (Fsp3) is 0.158. The number of allylic oxidation sites excluding steroid dienone is 1. The molecule has 114 valence electrons. The number of rotatable bonds is 4. The van der Waals surface area contributed by atoms with Gasteiger partial charge in [-0.15, -0.1) is 0 Å². The fourth-order valence-electron chi connectivity index (χ4n) is 1.76. The molecule has 3 nitrogen and oxygen atoms in total. The van der Waals surface area contributed by atoms with Gasteiger partial charge in [0, 0.05) is 18.2 Å². The smallest absolute Gasteiger partial charge is 0.251 e. The maximum absolute atomic E-state index is 12.0. The summed E-state index contributed by atoms with van der Waals surface area (Å²) in [7, 11) is 1.57.